The summed E-state index contributed by atoms with van der Waals surface area (Å²) in [6.45, 7) is 0. The van der Waals surface area contributed by atoms with Gasteiger partial charge in [0.2, 0.25) is 0 Å². The molecule has 2 atom stereocenters. The second-order valence-electron chi connectivity index (χ2n) is 4.80. The lowest BCUT2D eigenvalue weighted by Crippen LogP contribution is -2.40. The maximum Gasteiger partial charge on any atom is 0.169 e. The van der Waals surface area contributed by atoms with Crippen LogP contribution in [0.3, 0.4) is 0 Å². The van der Waals surface area contributed by atoms with Crippen LogP contribution in [-0.2, 0) is 0 Å². The summed E-state index contributed by atoms with van der Waals surface area (Å²) in [4.78, 5) is 20.0. The number of carbonyl (C=O) groups excluding carboxylic acids is 1. The minimum atomic E-state index is 0.171. The van der Waals surface area contributed by atoms with E-state index in [1.165, 1.54) is 19.2 Å². The van der Waals surface area contributed by atoms with Crippen LogP contribution in [0, 0.1) is 5.92 Å². The second-order valence-corrected chi connectivity index (χ2v) is 4.80. The Balaban J connectivity index is 1.76. The molecule has 2 fully saturated rings. The first kappa shape index (κ1) is 9.90. The zero-order valence-electron chi connectivity index (χ0n) is 9.10. The minimum Gasteiger partial charge on any atom is -0.311 e. The van der Waals surface area contributed by atoms with Gasteiger partial charge < -0.3 is 5.32 Å². The summed E-state index contributed by atoms with van der Waals surface area (Å²) in [5, 5.41) is 3.54. The molecule has 16 heavy (non-hydrogen) atoms. The standard InChI is InChI=1S/C12H15N3O/c16-12(9-5-13-7-14-6-9)8-3-10-1-2-11(4-8)15-10/h5-8,10-11,15H,1-4H2. The predicted octanol–water partition coefficient (Wildman–Crippen LogP) is 1.19. The first-order valence-electron chi connectivity index (χ1n) is 5.88. The van der Waals surface area contributed by atoms with Crippen LogP contribution in [0.5, 0.6) is 0 Å². The smallest absolute Gasteiger partial charge is 0.169 e. The molecule has 1 aromatic heterocycles. The van der Waals surface area contributed by atoms with Crippen molar-refractivity contribution in [2.24, 2.45) is 5.92 Å². The molecule has 0 radical (unpaired) electrons. The van der Waals surface area contributed by atoms with Gasteiger partial charge in [-0.2, -0.15) is 0 Å². The van der Waals surface area contributed by atoms with Crippen molar-refractivity contribution in [3.8, 4) is 0 Å². The van der Waals surface area contributed by atoms with Crippen molar-refractivity contribution in [2.75, 3.05) is 0 Å². The summed E-state index contributed by atoms with van der Waals surface area (Å²) in [6, 6.07) is 1.11. The third kappa shape index (κ3) is 1.73. The normalized spacial score (nSPS) is 32.6. The Morgan fingerprint density at radius 3 is 2.44 bits per heavy atom. The van der Waals surface area contributed by atoms with Gasteiger partial charge in [0.05, 0.1) is 5.56 Å². The molecule has 0 saturated carbocycles. The molecule has 2 bridgehead atoms. The van der Waals surface area contributed by atoms with E-state index in [0.29, 0.717) is 17.6 Å². The Labute approximate surface area is 94.5 Å². The fourth-order valence-electron chi connectivity index (χ4n) is 2.93. The van der Waals surface area contributed by atoms with Crippen molar-refractivity contribution in [1.29, 1.82) is 0 Å². The average Bonchev–Trinajstić information content (AvgIpc) is 2.68. The molecular formula is C12H15N3O. The van der Waals surface area contributed by atoms with Gasteiger partial charge in [-0.1, -0.05) is 0 Å². The molecule has 1 N–H and O–H groups in total. The van der Waals surface area contributed by atoms with E-state index < -0.39 is 0 Å². The maximum atomic E-state index is 12.2. The molecule has 2 aliphatic rings. The van der Waals surface area contributed by atoms with E-state index in [-0.39, 0.29) is 11.7 Å². The molecule has 1 aromatic rings. The first-order valence-corrected chi connectivity index (χ1v) is 5.88. The summed E-state index contributed by atoms with van der Waals surface area (Å²) in [6.07, 6.45) is 9.11. The van der Waals surface area contributed by atoms with Gasteiger partial charge in [0.1, 0.15) is 6.33 Å². The summed E-state index contributed by atoms with van der Waals surface area (Å²) >= 11 is 0. The monoisotopic (exact) mass is 217 g/mol. The highest BCUT2D eigenvalue weighted by molar-refractivity contribution is 5.97. The third-order valence-electron chi connectivity index (χ3n) is 3.69. The molecule has 4 heteroatoms. The second kappa shape index (κ2) is 3.94. The molecule has 3 rings (SSSR count). The quantitative estimate of drug-likeness (QED) is 0.756. The number of rotatable bonds is 2. The molecule has 2 aliphatic heterocycles. The molecule has 2 saturated heterocycles. The minimum absolute atomic E-state index is 0.171. The number of aromatic nitrogens is 2. The average molecular weight is 217 g/mol. The molecule has 3 heterocycles. The van der Waals surface area contributed by atoms with Crippen molar-refractivity contribution in [2.45, 2.75) is 37.8 Å². The number of Topliss-reactive ketones (excluding diaryl/α,β-unsaturated/α-hetero) is 1. The summed E-state index contributed by atoms with van der Waals surface area (Å²) in [7, 11) is 0. The molecule has 84 valence electrons. The van der Waals surface area contributed by atoms with Crippen molar-refractivity contribution in [3.05, 3.63) is 24.3 Å². The summed E-state index contributed by atoms with van der Waals surface area (Å²) in [5.74, 6) is 0.392. The van der Waals surface area contributed by atoms with Crippen molar-refractivity contribution in [3.63, 3.8) is 0 Å². The lowest BCUT2D eigenvalue weighted by atomic mass is 9.87. The molecular weight excluding hydrogens is 202 g/mol. The molecule has 4 nitrogen and oxygen atoms in total. The van der Waals surface area contributed by atoms with Gasteiger partial charge in [-0.3, -0.25) is 4.79 Å². The van der Waals surface area contributed by atoms with E-state index >= 15 is 0 Å². The van der Waals surface area contributed by atoms with Gasteiger partial charge in [0, 0.05) is 30.4 Å². The van der Waals surface area contributed by atoms with E-state index in [1.807, 2.05) is 0 Å². The van der Waals surface area contributed by atoms with E-state index in [1.54, 1.807) is 12.4 Å². The molecule has 2 unspecified atom stereocenters. The molecule has 0 aromatic carbocycles. The Bertz CT molecular complexity index is 381. The number of nitrogens with one attached hydrogen (secondary N) is 1. The van der Waals surface area contributed by atoms with Crippen LogP contribution in [0.4, 0.5) is 0 Å². The van der Waals surface area contributed by atoms with E-state index in [9.17, 15) is 4.79 Å². The van der Waals surface area contributed by atoms with Crippen molar-refractivity contribution in [1.82, 2.24) is 15.3 Å². The fraction of sp³-hybridized carbons (Fsp3) is 0.583. The Morgan fingerprint density at radius 2 is 1.81 bits per heavy atom. The first-order chi connectivity index (χ1) is 7.83. The van der Waals surface area contributed by atoms with Gasteiger partial charge in [-0.15, -0.1) is 0 Å². The number of ketones is 1. The lowest BCUT2D eigenvalue weighted by molar-refractivity contribution is 0.0875. The number of hydrogen-bond donors (Lipinski definition) is 1. The Morgan fingerprint density at radius 1 is 1.19 bits per heavy atom. The zero-order valence-corrected chi connectivity index (χ0v) is 9.10. The van der Waals surface area contributed by atoms with Crippen LogP contribution in [0.25, 0.3) is 0 Å². The van der Waals surface area contributed by atoms with E-state index in [2.05, 4.69) is 15.3 Å². The summed E-state index contributed by atoms with van der Waals surface area (Å²) in [5.41, 5.74) is 0.661. The highest BCUT2D eigenvalue weighted by Gasteiger charge is 2.36. The zero-order chi connectivity index (χ0) is 11.0. The van der Waals surface area contributed by atoms with Gasteiger partial charge in [-0.25, -0.2) is 9.97 Å². The van der Waals surface area contributed by atoms with Crippen molar-refractivity contribution < 1.29 is 4.79 Å². The number of nitrogens with zero attached hydrogens (tertiary/aromatic N) is 2. The van der Waals surface area contributed by atoms with Crippen LogP contribution < -0.4 is 5.32 Å². The molecule has 0 spiro atoms. The van der Waals surface area contributed by atoms with Crippen LogP contribution in [0.1, 0.15) is 36.0 Å². The van der Waals surface area contributed by atoms with Gasteiger partial charge in [0.15, 0.2) is 5.78 Å². The highest BCUT2D eigenvalue weighted by Crippen LogP contribution is 2.32. The lowest BCUT2D eigenvalue weighted by Gasteiger charge is -2.27. The number of fused-ring (bicyclic) bond motifs is 2. The van der Waals surface area contributed by atoms with Crippen LogP contribution in [-0.4, -0.2) is 27.8 Å². The van der Waals surface area contributed by atoms with E-state index in [0.717, 1.165) is 12.8 Å². The Hall–Kier alpha value is -1.29. The van der Waals surface area contributed by atoms with Crippen molar-refractivity contribution >= 4 is 5.78 Å². The topological polar surface area (TPSA) is 54.9 Å². The maximum absolute atomic E-state index is 12.2. The number of piperidine rings is 1. The number of carbonyl (C=O) groups is 1. The SMILES string of the molecule is O=C(c1cncnc1)C1CC2CCC(C1)N2. The fourth-order valence-corrected chi connectivity index (χ4v) is 2.93. The van der Waals surface area contributed by atoms with Gasteiger partial charge in [0.25, 0.3) is 0 Å². The third-order valence-corrected chi connectivity index (χ3v) is 3.69. The van der Waals surface area contributed by atoms with Crippen LogP contribution >= 0.6 is 0 Å². The van der Waals surface area contributed by atoms with Crippen LogP contribution in [0.2, 0.25) is 0 Å². The number of hydrogen-bond acceptors (Lipinski definition) is 4. The largest absolute Gasteiger partial charge is 0.311 e. The molecule has 0 aliphatic carbocycles. The van der Waals surface area contributed by atoms with Gasteiger partial charge in [-0.05, 0) is 25.7 Å². The Kier molecular flexibility index (Phi) is 2.44. The highest BCUT2D eigenvalue weighted by atomic mass is 16.1. The van der Waals surface area contributed by atoms with E-state index in [4.69, 9.17) is 0 Å². The van der Waals surface area contributed by atoms with Gasteiger partial charge >= 0.3 is 0 Å². The summed E-state index contributed by atoms with van der Waals surface area (Å²) < 4.78 is 0. The van der Waals surface area contributed by atoms with Crippen LogP contribution in [0.15, 0.2) is 18.7 Å². The molecule has 0 amide bonds. The predicted molar refractivity (Wildman–Crippen MR) is 59.0 cm³/mol.